The molecule has 1 aromatic heterocycles. The molecule has 4 aromatic rings. The Hall–Kier alpha value is -3.65. The quantitative estimate of drug-likeness (QED) is 0.456. The second-order valence-corrected chi connectivity index (χ2v) is 11.3. The number of H-pyrrole nitrogens is 1. The van der Waals surface area contributed by atoms with E-state index in [2.05, 4.69) is 23.2 Å². The molecule has 1 amide bonds. The van der Waals surface area contributed by atoms with Crippen molar-refractivity contribution in [3.8, 4) is 16.9 Å². The van der Waals surface area contributed by atoms with Gasteiger partial charge in [-0.25, -0.2) is 13.4 Å². The van der Waals surface area contributed by atoms with Crippen molar-refractivity contribution >= 4 is 26.8 Å². The molecule has 1 saturated carbocycles. The third kappa shape index (κ3) is 4.30. The highest BCUT2D eigenvalue weighted by molar-refractivity contribution is 7.90. The second-order valence-electron chi connectivity index (χ2n) is 9.32. The number of nitrogens with one attached hydrogen (secondary N) is 1. The molecule has 0 spiro atoms. The van der Waals surface area contributed by atoms with Crippen LogP contribution in [-0.4, -0.2) is 48.6 Å². The number of imidazole rings is 1. The normalized spacial score (nSPS) is 16.0. The molecule has 35 heavy (non-hydrogen) atoms. The topological polar surface area (TPSA) is 92.4 Å². The van der Waals surface area contributed by atoms with Gasteiger partial charge in [-0.15, -0.1) is 0 Å². The summed E-state index contributed by atoms with van der Waals surface area (Å²) in [6.45, 7) is 1.25. The van der Waals surface area contributed by atoms with Gasteiger partial charge in [-0.05, 0) is 72.5 Å². The van der Waals surface area contributed by atoms with Crippen LogP contribution in [0, 0.1) is 0 Å². The molecule has 1 N–H and O–H groups in total. The van der Waals surface area contributed by atoms with Gasteiger partial charge in [0.15, 0.2) is 9.84 Å². The summed E-state index contributed by atoms with van der Waals surface area (Å²) < 4.78 is 29.4. The van der Waals surface area contributed by atoms with E-state index in [1.165, 1.54) is 25.0 Å². The standard InChI is InChI=1S/C27H25N3O4S/c1-35(32,33)22-8-4-18(5-9-22)27(31)30-12-13-34-25-11-7-19(14-21(25)16-30)20-6-10-23-24(15-20)29-26(28-23)17-2-3-17/h4-11,14-15,17H,2-3,12-13,16H2,1H3,(H,28,29). The molecule has 3 aromatic carbocycles. The molecule has 0 atom stereocenters. The van der Waals surface area contributed by atoms with Crippen LogP contribution in [0.4, 0.5) is 0 Å². The van der Waals surface area contributed by atoms with Crippen LogP contribution < -0.4 is 4.74 Å². The van der Waals surface area contributed by atoms with Crippen molar-refractivity contribution in [3.05, 3.63) is 77.6 Å². The minimum atomic E-state index is -3.31. The van der Waals surface area contributed by atoms with E-state index in [9.17, 15) is 13.2 Å². The third-order valence-electron chi connectivity index (χ3n) is 6.65. The number of aromatic amines is 1. The lowest BCUT2D eigenvalue weighted by molar-refractivity contribution is 0.0733. The third-order valence-corrected chi connectivity index (χ3v) is 7.78. The van der Waals surface area contributed by atoms with Gasteiger partial charge in [0.1, 0.15) is 18.2 Å². The summed E-state index contributed by atoms with van der Waals surface area (Å²) in [6.07, 6.45) is 3.56. The number of hydrogen-bond donors (Lipinski definition) is 1. The second kappa shape index (κ2) is 8.23. The predicted molar refractivity (Wildman–Crippen MR) is 133 cm³/mol. The fourth-order valence-corrected chi connectivity index (χ4v) is 5.16. The largest absolute Gasteiger partial charge is 0.491 e. The Morgan fingerprint density at radius 1 is 1.03 bits per heavy atom. The van der Waals surface area contributed by atoms with Gasteiger partial charge in [-0.3, -0.25) is 4.79 Å². The van der Waals surface area contributed by atoms with E-state index in [4.69, 9.17) is 9.72 Å². The number of carbonyl (C=O) groups is 1. The number of aromatic nitrogens is 2. The molecule has 1 aliphatic heterocycles. The number of benzene rings is 3. The number of rotatable bonds is 4. The first-order valence-electron chi connectivity index (χ1n) is 11.7. The van der Waals surface area contributed by atoms with Crippen molar-refractivity contribution in [2.75, 3.05) is 19.4 Å². The Morgan fingerprint density at radius 2 is 1.77 bits per heavy atom. The van der Waals surface area contributed by atoms with E-state index in [1.807, 2.05) is 18.2 Å². The Kier molecular flexibility index (Phi) is 5.14. The number of sulfone groups is 1. The first-order valence-corrected chi connectivity index (χ1v) is 13.6. The Balaban J connectivity index is 1.27. The first kappa shape index (κ1) is 21.9. The van der Waals surface area contributed by atoms with Gasteiger partial charge in [0.2, 0.25) is 0 Å². The molecule has 8 heteroatoms. The highest BCUT2D eigenvalue weighted by Crippen LogP contribution is 2.39. The van der Waals surface area contributed by atoms with Crippen molar-refractivity contribution in [2.45, 2.75) is 30.2 Å². The van der Waals surface area contributed by atoms with E-state index in [-0.39, 0.29) is 10.8 Å². The van der Waals surface area contributed by atoms with Crippen LogP contribution >= 0.6 is 0 Å². The molecular weight excluding hydrogens is 462 g/mol. The van der Waals surface area contributed by atoms with Gasteiger partial charge < -0.3 is 14.6 Å². The number of hydrogen-bond acceptors (Lipinski definition) is 5. The summed E-state index contributed by atoms with van der Waals surface area (Å²) in [4.78, 5) is 23.3. The lowest BCUT2D eigenvalue weighted by Gasteiger charge is -2.20. The molecule has 0 bridgehead atoms. The molecule has 0 unspecified atom stereocenters. The van der Waals surface area contributed by atoms with Gasteiger partial charge in [0.05, 0.1) is 22.5 Å². The first-order chi connectivity index (χ1) is 16.8. The van der Waals surface area contributed by atoms with Crippen molar-refractivity contribution in [1.29, 1.82) is 0 Å². The maximum atomic E-state index is 13.2. The maximum absolute atomic E-state index is 13.2. The smallest absolute Gasteiger partial charge is 0.254 e. The number of nitrogens with zero attached hydrogens (tertiary/aromatic N) is 2. The van der Waals surface area contributed by atoms with E-state index in [0.29, 0.717) is 31.2 Å². The molecule has 178 valence electrons. The van der Waals surface area contributed by atoms with Crippen LogP contribution in [0.2, 0.25) is 0 Å². The van der Waals surface area contributed by atoms with Crippen molar-refractivity contribution < 1.29 is 17.9 Å². The van der Waals surface area contributed by atoms with Crippen LogP contribution in [0.5, 0.6) is 5.75 Å². The monoisotopic (exact) mass is 487 g/mol. The van der Waals surface area contributed by atoms with Gasteiger partial charge in [0, 0.05) is 29.8 Å². The Labute approximate surface area is 203 Å². The van der Waals surface area contributed by atoms with E-state index >= 15 is 0 Å². The van der Waals surface area contributed by atoms with Gasteiger partial charge in [-0.1, -0.05) is 12.1 Å². The number of ether oxygens (including phenoxy) is 1. The predicted octanol–water partition coefficient (Wildman–Crippen LogP) is 4.55. The average molecular weight is 488 g/mol. The number of fused-ring (bicyclic) bond motifs is 2. The average Bonchev–Trinajstić information content (AvgIpc) is 3.65. The minimum Gasteiger partial charge on any atom is -0.491 e. The summed E-state index contributed by atoms with van der Waals surface area (Å²) in [5, 5.41) is 0. The Morgan fingerprint density at radius 3 is 2.51 bits per heavy atom. The van der Waals surface area contributed by atoms with Gasteiger partial charge >= 0.3 is 0 Å². The summed E-state index contributed by atoms with van der Waals surface area (Å²) in [5.74, 6) is 2.27. The van der Waals surface area contributed by atoms with Crippen LogP contribution in [0.15, 0.2) is 65.6 Å². The molecule has 6 rings (SSSR count). The van der Waals surface area contributed by atoms with Crippen molar-refractivity contribution in [3.63, 3.8) is 0 Å². The molecule has 0 saturated heterocycles. The van der Waals surface area contributed by atoms with Gasteiger partial charge in [-0.2, -0.15) is 0 Å². The van der Waals surface area contributed by atoms with Crippen LogP contribution in [0.25, 0.3) is 22.2 Å². The lowest BCUT2D eigenvalue weighted by atomic mass is 10.0. The van der Waals surface area contributed by atoms with E-state index in [0.717, 1.165) is 45.6 Å². The SMILES string of the molecule is CS(=O)(=O)c1ccc(C(=O)N2CCOc3ccc(-c4ccc5nc(C6CC6)[nH]c5c4)cc3C2)cc1. The molecule has 7 nitrogen and oxygen atoms in total. The molecule has 2 aliphatic rings. The Bertz CT molecular complexity index is 1550. The van der Waals surface area contributed by atoms with E-state index < -0.39 is 9.84 Å². The number of carbonyl (C=O) groups excluding carboxylic acids is 1. The molecule has 0 radical (unpaired) electrons. The molecule has 2 heterocycles. The van der Waals surface area contributed by atoms with Crippen LogP contribution in [0.1, 0.15) is 40.5 Å². The number of amides is 1. The fourth-order valence-electron chi connectivity index (χ4n) is 4.53. The van der Waals surface area contributed by atoms with E-state index in [1.54, 1.807) is 17.0 Å². The fraction of sp³-hybridized carbons (Fsp3) is 0.259. The van der Waals surface area contributed by atoms with Crippen LogP contribution in [-0.2, 0) is 16.4 Å². The van der Waals surface area contributed by atoms with Crippen LogP contribution in [0.3, 0.4) is 0 Å². The van der Waals surface area contributed by atoms with Gasteiger partial charge in [0.25, 0.3) is 5.91 Å². The summed E-state index contributed by atoms with van der Waals surface area (Å²) >= 11 is 0. The van der Waals surface area contributed by atoms with Crippen molar-refractivity contribution in [2.24, 2.45) is 0 Å². The zero-order chi connectivity index (χ0) is 24.2. The summed E-state index contributed by atoms with van der Waals surface area (Å²) in [6, 6.07) is 18.4. The highest BCUT2D eigenvalue weighted by atomic mass is 32.2. The maximum Gasteiger partial charge on any atom is 0.254 e. The minimum absolute atomic E-state index is 0.154. The highest BCUT2D eigenvalue weighted by Gasteiger charge is 2.27. The van der Waals surface area contributed by atoms with Crippen molar-refractivity contribution in [1.82, 2.24) is 14.9 Å². The molecule has 1 fully saturated rings. The molecular formula is C27H25N3O4S. The zero-order valence-electron chi connectivity index (χ0n) is 19.3. The summed E-state index contributed by atoms with van der Waals surface area (Å²) in [7, 11) is -3.31. The zero-order valence-corrected chi connectivity index (χ0v) is 20.1. The lowest BCUT2D eigenvalue weighted by Crippen LogP contribution is -2.32. The molecule has 1 aliphatic carbocycles. The summed E-state index contributed by atoms with van der Waals surface area (Å²) in [5.41, 5.74) is 5.52.